The number of hydrogen-bond donors (Lipinski definition) is 1. The first kappa shape index (κ1) is 24.4. The summed E-state index contributed by atoms with van der Waals surface area (Å²) in [6.45, 7) is 5.39. The molecule has 0 heterocycles. The smallest absolute Gasteiger partial charge is 0.244 e. The molecule has 2 amide bonds. The normalized spacial score (nSPS) is 12.2. The lowest BCUT2D eigenvalue weighted by Crippen LogP contribution is -2.50. The Kier molecular flexibility index (Phi) is 8.21. The summed E-state index contributed by atoms with van der Waals surface area (Å²) < 4.78 is 26.1. The fraction of sp³-hybridized carbons (Fsp3) is 0.391. The number of benzene rings is 2. The average molecular weight is 446 g/mol. The number of carbonyl (C=O) groups is 2. The number of sulfonamides is 1. The Morgan fingerprint density at radius 3 is 2.19 bits per heavy atom. The maximum atomic E-state index is 13.3. The molecule has 2 aromatic rings. The summed E-state index contributed by atoms with van der Waals surface area (Å²) >= 11 is 0. The van der Waals surface area contributed by atoms with Gasteiger partial charge in [-0.05, 0) is 49.1 Å². The van der Waals surface area contributed by atoms with Gasteiger partial charge in [0.25, 0.3) is 0 Å². The molecule has 0 radical (unpaired) electrons. The first-order chi connectivity index (χ1) is 14.6. The molecule has 8 heteroatoms. The van der Waals surface area contributed by atoms with Crippen molar-refractivity contribution in [1.29, 1.82) is 0 Å². The van der Waals surface area contributed by atoms with E-state index in [1.54, 1.807) is 19.1 Å². The van der Waals surface area contributed by atoms with Crippen LogP contribution in [0.1, 0.15) is 30.5 Å². The predicted molar refractivity (Wildman–Crippen MR) is 123 cm³/mol. The van der Waals surface area contributed by atoms with Crippen molar-refractivity contribution in [1.82, 2.24) is 10.2 Å². The molecular formula is C23H31N3O4S. The van der Waals surface area contributed by atoms with Crippen molar-refractivity contribution >= 4 is 27.5 Å². The summed E-state index contributed by atoms with van der Waals surface area (Å²) in [4.78, 5) is 27.0. The van der Waals surface area contributed by atoms with Gasteiger partial charge in [0.05, 0.1) is 11.9 Å². The third-order valence-corrected chi connectivity index (χ3v) is 6.47. The standard InChI is InChI=1S/C23H31N3O4S/c1-6-19-11-13-21(14-12-19)26(31(5,29)30)16-22(27)25(18(3)23(28)24-4)15-20-10-8-7-9-17(20)2/h7-14,18H,6,15-16H2,1-5H3,(H,24,28)/t18-/m1/s1. The molecule has 0 aliphatic carbocycles. The maximum absolute atomic E-state index is 13.3. The minimum atomic E-state index is -3.71. The molecule has 0 aliphatic heterocycles. The molecule has 2 rings (SSSR count). The Bertz CT molecular complexity index is 1020. The van der Waals surface area contributed by atoms with Crippen molar-refractivity contribution < 1.29 is 18.0 Å². The van der Waals surface area contributed by atoms with Crippen LogP contribution in [0.25, 0.3) is 0 Å². The molecule has 0 unspecified atom stereocenters. The van der Waals surface area contributed by atoms with E-state index in [2.05, 4.69) is 5.32 Å². The molecule has 0 spiro atoms. The lowest BCUT2D eigenvalue weighted by Gasteiger charge is -2.31. The van der Waals surface area contributed by atoms with Crippen LogP contribution in [0.3, 0.4) is 0 Å². The van der Waals surface area contributed by atoms with Gasteiger partial charge < -0.3 is 10.2 Å². The molecular weight excluding hydrogens is 414 g/mol. The van der Waals surface area contributed by atoms with Gasteiger partial charge in [-0.2, -0.15) is 0 Å². The molecule has 0 saturated heterocycles. The Labute approximate surface area is 185 Å². The number of hydrogen-bond acceptors (Lipinski definition) is 4. The van der Waals surface area contributed by atoms with Gasteiger partial charge in [0, 0.05) is 13.6 Å². The third kappa shape index (κ3) is 6.30. The molecule has 1 atom stereocenters. The van der Waals surface area contributed by atoms with E-state index in [-0.39, 0.29) is 12.5 Å². The van der Waals surface area contributed by atoms with Crippen LogP contribution in [0.5, 0.6) is 0 Å². The number of rotatable bonds is 9. The Hall–Kier alpha value is -2.87. The van der Waals surface area contributed by atoms with Crippen LogP contribution in [0, 0.1) is 6.92 Å². The second-order valence-electron chi connectivity index (χ2n) is 7.53. The Balaban J connectivity index is 2.38. The molecule has 7 nitrogen and oxygen atoms in total. The average Bonchev–Trinajstić information content (AvgIpc) is 2.75. The van der Waals surface area contributed by atoms with E-state index in [0.29, 0.717) is 5.69 Å². The Morgan fingerprint density at radius 2 is 1.68 bits per heavy atom. The molecule has 0 aliphatic rings. The second-order valence-corrected chi connectivity index (χ2v) is 9.43. The number of nitrogens with one attached hydrogen (secondary N) is 1. The lowest BCUT2D eigenvalue weighted by molar-refractivity contribution is -0.139. The predicted octanol–water partition coefficient (Wildman–Crippen LogP) is 2.49. The maximum Gasteiger partial charge on any atom is 0.244 e. The quantitative estimate of drug-likeness (QED) is 0.642. The van der Waals surface area contributed by atoms with Gasteiger partial charge in [-0.25, -0.2) is 8.42 Å². The monoisotopic (exact) mass is 445 g/mol. The summed E-state index contributed by atoms with van der Waals surface area (Å²) in [5, 5.41) is 2.56. The van der Waals surface area contributed by atoms with Crippen molar-refractivity contribution in [2.75, 3.05) is 24.2 Å². The molecule has 0 saturated carbocycles. The van der Waals surface area contributed by atoms with E-state index in [0.717, 1.165) is 33.7 Å². The van der Waals surface area contributed by atoms with Gasteiger partial charge in [0.15, 0.2) is 0 Å². The molecule has 0 fully saturated rings. The zero-order valence-electron chi connectivity index (χ0n) is 18.8. The summed E-state index contributed by atoms with van der Waals surface area (Å²) in [7, 11) is -2.21. The number of aryl methyl sites for hydroxylation is 2. The fourth-order valence-electron chi connectivity index (χ4n) is 3.27. The summed E-state index contributed by atoms with van der Waals surface area (Å²) in [5.41, 5.74) is 3.36. The zero-order chi connectivity index (χ0) is 23.2. The van der Waals surface area contributed by atoms with Crippen molar-refractivity contribution in [3.05, 3.63) is 65.2 Å². The Morgan fingerprint density at radius 1 is 1.06 bits per heavy atom. The highest BCUT2D eigenvalue weighted by Gasteiger charge is 2.29. The number of amides is 2. The van der Waals surface area contributed by atoms with E-state index < -0.39 is 28.5 Å². The highest BCUT2D eigenvalue weighted by molar-refractivity contribution is 7.92. The zero-order valence-corrected chi connectivity index (χ0v) is 19.6. The summed E-state index contributed by atoms with van der Waals surface area (Å²) in [5.74, 6) is -0.774. The van der Waals surface area contributed by atoms with Gasteiger partial charge in [-0.15, -0.1) is 0 Å². The SMILES string of the molecule is CCc1ccc(N(CC(=O)N(Cc2ccccc2C)[C@H](C)C(=O)NC)S(C)(=O)=O)cc1. The van der Waals surface area contributed by atoms with Crippen molar-refractivity contribution in [2.45, 2.75) is 39.8 Å². The van der Waals surface area contributed by atoms with E-state index in [1.165, 1.54) is 11.9 Å². The molecule has 1 N–H and O–H groups in total. The van der Waals surface area contributed by atoms with Crippen LogP contribution in [0.15, 0.2) is 48.5 Å². The van der Waals surface area contributed by atoms with Crippen LogP contribution in [0.4, 0.5) is 5.69 Å². The first-order valence-corrected chi connectivity index (χ1v) is 12.1. The van der Waals surface area contributed by atoms with Gasteiger partial charge in [-0.1, -0.05) is 43.3 Å². The number of anilines is 1. The highest BCUT2D eigenvalue weighted by atomic mass is 32.2. The molecule has 168 valence electrons. The molecule has 0 bridgehead atoms. The van der Waals surface area contributed by atoms with Gasteiger partial charge in [0.2, 0.25) is 21.8 Å². The van der Waals surface area contributed by atoms with Gasteiger partial charge in [0.1, 0.15) is 12.6 Å². The van der Waals surface area contributed by atoms with E-state index in [4.69, 9.17) is 0 Å². The number of carbonyl (C=O) groups excluding carboxylic acids is 2. The van der Waals surface area contributed by atoms with E-state index in [9.17, 15) is 18.0 Å². The topological polar surface area (TPSA) is 86.8 Å². The molecule has 0 aromatic heterocycles. The third-order valence-electron chi connectivity index (χ3n) is 5.33. The van der Waals surface area contributed by atoms with Crippen LogP contribution in [-0.4, -0.2) is 51.0 Å². The minimum Gasteiger partial charge on any atom is -0.357 e. The van der Waals surface area contributed by atoms with Crippen molar-refractivity contribution in [3.63, 3.8) is 0 Å². The van der Waals surface area contributed by atoms with Gasteiger partial charge in [-0.3, -0.25) is 13.9 Å². The molecule has 2 aromatic carbocycles. The lowest BCUT2D eigenvalue weighted by atomic mass is 10.1. The summed E-state index contributed by atoms with van der Waals surface area (Å²) in [6, 6.07) is 13.9. The minimum absolute atomic E-state index is 0.201. The van der Waals surface area contributed by atoms with Crippen LogP contribution in [0.2, 0.25) is 0 Å². The number of likely N-dealkylation sites (N-methyl/N-ethyl adjacent to an activating group) is 1. The van der Waals surface area contributed by atoms with E-state index in [1.807, 2.05) is 50.2 Å². The fourth-order valence-corrected chi connectivity index (χ4v) is 4.12. The first-order valence-electron chi connectivity index (χ1n) is 10.2. The van der Waals surface area contributed by atoms with Crippen molar-refractivity contribution in [3.8, 4) is 0 Å². The van der Waals surface area contributed by atoms with E-state index >= 15 is 0 Å². The largest absolute Gasteiger partial charge is 0.357 e. The highest BCUT2D eigenvalue weighted by Crippen LogP contribution is 2.20. The number of nitrogens with zero attached hydrogens (tertiary/aromatic N) is 2. The second kappa shape index (κ2) is 10.4. The van der Waals surface area contributed by atoms with Crippen LogP contribution < -0.4 is 9.62 Å². The van der Waals surface area contributed by atoms with Crippen molar-refractivity contribution in [2.24, 2.45) is 0 Å². The van der Waals surface area contributed by atoms with Gasteiger partial charge >= 0.3 is 0 Å². The van der Waals surface area contributed by atoms with Crippen LogP contribution in [-0.2, 0) is 32.6 Å². The summed E-state index contributed by atoms with van der Waals surface area (Å²) in [6.07, 6.45) is 1.90. The van der Waals surface area contributed by atoms with Crippen LogP contribution >= 0.6 is 0 Å². The molecule has 31 heavy (non-hydrogen) atoms.